The minimum absolute atomic E-state index is 0.0211. The number of pyridine rings is 1. The molecule has 1 amide bonds. The fourth-order valence-corrected chi connectivity index (χ4v) is 3.46. The van der Waals surface area contributed by atoms with Crippen LogP contribution in [0.1, 0.15) is 16.1 Å². The number of para-hydroxylation sites is 1. The molecule has 150 valence electrons. The van der Waals surface area contributed by atoms with Crippen LogP contribution < -0.4 is 0 Å². The van der Waals surface area contributed by atoms with E-state index in [4.69, 9.17) is 4.74 Å². The van der Waals surface area contributed by atoms with Gasteiger partial charge in [-0.15, -0.1) is 0 Å². The van der Waals surface area contributed by atoms with Crippen molar-refractivity contribution in [3.8, 4) is 5.69 Å². The fraction of sp³-hybridized carbons (Fsp3) is 0.318. The number of benzene rings is 1. The summed E-state index contributed by atoms with van der Waals surface area (Å²) in [5.41, 5.74) is 2.55. The van der Waals surface area contributed by atoms with Gasteiger partial charge < -0.3 is 9.64 Å². The molecule has 0 bridgehead atoms. The maximum absolute atomic E-state index is 13.2. The summed E-state index contributed by atoms with van der Waals surface area (Å²) in [5, 5.41) is 4.46. The second kappa shape index (κ2) is 9.45. The zero-order chi connectivity index (χ0) is 19.9. The highest BCUT2D eigenvalue weighted by Crippen LogP contribution is 2.14. The number of morpholine rings is 1. The average Bonchev–Trinajstić information content (AvgIpc) is 3.26. The zero-order valence-corrected chi connectivity index (χ0v) is 16.4. The molecule has 29 heavy (non-hydrogen) atoms. The third-order valence-corrected chi connectivity index (χ3v) is 5.06. The van der Waals surface area contributed by atoms with Crippen molar-refractivity contribution >= 4 is 5.91 Å². The van der Waals surface area contributed by atoms with Gasteiger partial charge in [-0.25, -0.2) is 4.68 Å². The number of hydrogen-bond acceptors (Lipinski definition) is 5. The van der Waals surface area contributed by atoms with Crippen molar-refractivity contribution in [1.29, 1.82) is 0 Å². The van der Waals surface area contributed by atoms with Gasteiger partial charge in [-0.05, 0) is 30.3 Å². The Balaban J connectivity index is 1.54. The standard InChI is InChI=1S/C22H25N5O2/c28-22(19-5-4-9-23-17-19)26(12-11-25-13-15-29-16-14-25)18-21-8-10-24-27(21)20-6-2-1-3-7-20/h1-10,17H,11-16,18H2. The van der Waals surface area contributed by atoms with Crippen LogP contribution in [0.15, 0.2) is 67.1 Å². The summed E-state index contributed by atoms with van der Waals surface area (Å²) in [5.74, 6) is -0.0211. The molecule has 2 aromatic heterocycles. The highest BCUT2D eigenvalue weighted by atomic mass is 16.5. The summed E-state index contributed by atoms with van der Waals surface area (Å²) in [7, 11) is 0. The van der Waals surface area contributed by atoms with Crippen molar-refractivity contribution in [2.24, 2.45) is 0 Å². The van der Waals surface area contributed by atoms with Crippen LogP contribution in [0.4, 0.5) is 0 Å². The van der Waals surface area contributed by atoms with E-state index in [9.17, 15) is 4.79 Å². The van der Waals surface area contributed by atoms with Gasteiger partial charge in [-0.1, -0.05) is 18.2 Å². The number of amides is 1. The smallest absolute Gasteiger partial charge is 0.255 e. The molecule has 0 spiro atoms. The first-order chi connectivity index (χ1) is 14.3. The Hall–Kier alpha value is -3.03. The number of carbonyl (C=O) groups excluding carboxylic acids is 1. The van der Waals surface area contributed by atoms with Gasteiger partial charge in [0, 0.05) is 44.8 Å². The predicted octanol–water partition coefficient (Wildman–Crippen LogP) is 2.24. The van der Waals surface area contributed by atoms with Gasteiger partial charge in [0.15, 0.2) is 0 Å². The Morgan fingerprint density at radius 2 is 1.86 bits per heavy atom. The molecule has 0 atom stereocenters. The van der Waals surface area contributed by atoms with Gasteiger partial charge in [0.1, 0.15) is 0 Å². The van der Waals surface area contributed by atoms with Crippen LogP contribution in [0, 0.1) is 0 Å². The molecule has 3 heterocycles. The summed E-state index contributed by atoms with van der Waals surface area (Å²) in [6, 6.07) is 15.5. The van der Waals surface area contributed by atoms with Gasteiger partial charge in [0.05, 0.1) is 36.7 Å². The molecule has 1 saturated heterocycles. The fourth-order valence-electron chi connectivity index (χ4n) is 3.46. The molecule has 0 aliphatic carbocycles. The maximum Gasteiger partial charge on any atom is 0.255 e. The number of rotatable bonds is 7. The minimum Gasteiger partial charge on any atom is -0.379 e. The third kappa shape index (κ3) is 4.88. The summed E-state index contributed by atoms with van der Waals surface area (Å²) in [6.07, 6.45) is 5.08. The van der Waals surface area contributed by atoms with E-state index < -0.39 is 0 Å². The lowest BCUT2D eigenvalue weighted by Gasteiger charge is -2.30. The van der Waals surface area contributed by atoms with Crippen LogP contribution in [-0.2, 0) is 11.3 Å². The highest BCUT2D eigenvalue weighted by molar-refractivity contribution is 5.93. The van der Waals surface area contributed by atoms with Crippen LogP contribution in [0.5, 0.6) is 0 Å². The second-order valence-corrected chi connectivity index (χ2v) is 6.99. The first-order valence-corrected chi connectivity index (χ1v) is 9.89. The predicted molar refractivity (Wildman–Crippen MR) is 110 cm³/mol. The molecule has 1 aromatic carbocycles. The molecule has 1 aliphatic rings. The second-order valence-electron chi connectivity index (χ2n) is 6.99. The van der Waals surface area contributed by atoms with Crippen LogP contribution in [-0.4, -0.2) is 69.9 Å². The number of ether oxygens (including phenoxy) is 1. The maximum atomic E-state index is 13.2. The summed E-state index contributed by atoms with van der Waals surface area (Å²) >= 11 is 0. The van der Waals surface area contributed by atoms with Gasteiger partial charge >= 0.3 is 0 Å². The molecule has 1 fully saturated rings. The molecule has 4 rings (SSSR count). The van der Waals surface area contributed by atoms with Crippen molar-refractivity contribution in [2.45, 2.75) is 6.54 Å². The first kappa shape index (κ1) is 19.3. The number of aromatic nitrogens is 3. The van der Waals surface area contributed by atoms with Crippen LogP contribution >= 0.6 is 0 Å². The summed E-state index contributed by atoms with van der Waals surface area (Å²) in [6.45, 7) is 5.22. The number of hydrogen-bond donors (Lipinski definition) is 0. The molecule has 7 nitrogen and oxygen atoms in total. The number of nitrogens with zero attached hydrogens (tertiary/aromatic N) is 5. The molecular formula is C22H25N5O2. The first-order valence-electron chi connectivity index (χ1n) is 9.89. The molecule has 0 N–H and O–H groups in total. The molecule has 0 radical (unpaired) electrons. The molecule has 1 aliphatic heterocycles. The lowest BCUT2D eigenvalue weighted by Crippen LogP contribution is -2.43. The minimum atomic E-state index is -0.0211. The van der Waals surface area contributed by atoms with E-state index in [0.717, 1.165) is 44.2 Å². The number of carbonyl (C=O) groups is 1. The Morgan fingerprint density at radius 1 is 1.03 bits per heavy atom. The van der Waals surface area contributed by atoms with Crippen molar-refractivity contribution < 1.29 is 9.53 Å². The topological polar surface area (TPSA) is 63.5 Å². The molecule has 0 saturated carbocycles. The van der Waals surface area contributed by atoms with Crippen LogP contribution in [0.2, 0.25) is 0 Å². The van der Waals surface area contributed by atoms with E-state index in [1.807, 2.05) is 52.0 Å². The SMILES string of the molecule is O=C(c1cccnc1)N(CCN1CCOCC1)Cc1ccnn1-c1ccccc1. The van der Waals surface area contributed by atoms with Crippen LogP contribution in [0.25, 0.3) is 5.69 Å². The molecule has 3 aromatic rings. The monoisotopic (exact) mass is 391 g/mol. The largest absolute Gasteiger partial charge is 0.379 e. The lowest BCUT2D eigenvalue weighted by molar-refractivity contribution is 0.0319. The Bertz CT molecular complexity index is 907. The van der Waals surface area contributed by atoms with Crippen molar-refractivity contribution in [2.75, 3.05) is 39.4 Å². The van der Waals surface area contributed by atoms with Crippen molar-refractivity contribution in [3.63, 3.8) is 0 Å². The van der Waals surface area contributed by atoms with E-state index in [-0.39, 0.29) is 5.91 Å². The Kier molecular flexibility index (Phi) is 6.29. The molecule has 7 heteroatoms. The van der Waals surface area contributed by atoms with E-state index >= 15 is 0 Å². The van der Waals surface area contributed by atoms with Gasteiger partial charge in [0.2, 0.25) is 0 Å². The molecule has 0 unspecified atom stereocenters. The van der Waals surface area contributed by atoms with E-state index in [2.05, 4.69) is 15.0 Å². The quantitative estimate of drug-likeness (QED) is 0.618. The van der Waals surface area contributed by atoms with E-state index in [1.54, 1.807) is 24.7 Å². The van der Waals surface area contributed by atoms with Crippen LogP contribution in [0.3, 0.4) is 0 Å². The van der Waals surface area contributed by atoms with Crippen molar-refractivity contribution in [3.05, 3.63) is 78.4 Å². The van der Waals surface area contributed by atoms with Crippen molar-refractivity contribution in [1.82, 2.24) is 24.6 Å². The highest BCUT2D eigenvalue weighted by Gasteiger charge is 2.20. The van der Waals surface area contributed by atoms with Gasteiger partial charge in [-0.3, -0.25) is 14.7 Å². The van der Waals surface area contributed by atoms with Gasteiger partial charge in [-0.2, -0.15) is 5.10 Å². The average molecular weight is 391 g/mol. The Labute approximate surface area is 170 Å². The normalized spacial score (nSPS) is 14.6. The van der Waals surface area contributed by atoms with Gasteiger partial charge in [0.25, 0.3) is 5.91 Å². The summed E-state index contributed by atoms with van der Waals surface area (Å²) in [4.78, 5) is 21.5. The Morgan fingerprint density at radius 3 is 2.62 bits per heavy atom. The zero-order valence-electron chi connectivity index (χ0n) is 16.4. The van der Waals surface area contributed by atoms with E-state index in [1.165, 1.54) is 0 Å². The lowest BCUT2D eigenvalue weighted by atomic mass is 10.2. The summed E-state index contributed by atoms with van der Waals surface area (Å²) < 4.78 is 7.32. The third-order valence-electron chi connectivity index (χ3n) is 5.06. The molecular weight excluding hydrogens is 366 g/mol. The van der Waals surface area contributed by atoms with E-state index in [0.29, 0.717) is 18.7 Å².